The Balaban J connectivity index is 1.99. The summed E-state index contributed by atoms with van der Waals surface area (Å²) in [7, 11) is -2.07. The molecule has 0 amide bonds. The number of ketones is 2. The largest absolute Gasteiger partial charge is 0.401 e. The van der Waals surface area contributed by atoms with Crippen LogP contribution in [0, 0.1) is 11.3 Å². The lowest BCUT2D eigenvalue weighted by Gasteiger charge is -2.57. The summed E-state index contributed by atoms with van der Waals surface area (Å²) in [6, 6.07) is 0. The number of carbonyl (C=O) groups is 2. The molecule has 0 radical (unpaired) electrons. The first kappa shape index (κ1) is 16.1. The van der Waals surface area contributed by atoms with E-state index in [0.29, 0.717) is 31.6 Å². The van der Waals surface area contributed by atoms with E-state index >= 15 is 0 Å². The van der Waals surface area contributed by atoms with E-state index in [-0.39, 0.29) is 16.6 Å². The molecule has 0 aromatic heterocycles. The Morgan fingerprint density at radius 1 is 1.18 bits per heavy atom. The molecule has 3 nitrogen and oxygen atoms in total. The van der Waals surface area contributed by atoms with Crippen LogP contribution in [0.1, 0.15) is 52.9 Å². The first-order valence-corrected chi connectivity index (χ1v) is 11.3. The number of carbonyl (C=O) groups excluding carboxylic acids is 2. The molecule has 1 spiro atoms. The first-order chi connectivity index (χ1) is 9.95. The van der Waals surface area contributed by atoms with Gasteiger partial charge in [-0.25, -0.2) is 0 Å². The van der Waals surface area contributed by atoms with Crippen molar-refractivity contribution in [2.24, 2.45) is 11.3 Å². The molecule has 0 aliphatic heterocycles. The van der Waals surface area contributed by atoms with Crippen LogP contribution in [-0.4, -0.2) is 25.5 Å². The minimum Gasteiger partial charge on any atom is -0.401 e. The molecule has 122 valence electrons. The van der Waals surface area contributed by atoms with Crippen molar-refractivity contribution in [2.45, 2.75) is 76.6 Å². The highest BCUT2D eigenvalue weighted by atomic mass is 28.4. The van der Waals surface area contributed by atoms with Crippen molar-refractivity contribution in [1.29, 1.82) is 0 Å². The zero-order chi connectivity index (χ0) is 16.6. The smallest absolute Gasteiger partial charge is 0.193 e. The minimum atomic E-state index is -2.07. The topological polar surface area (TPSA) is 43.4 Å². The van der Waals surface area contributed by atoms with Crippen LogP contribution in [0.2, 0.25) is 18.1 Å². The average Bonchev–Trinajstić information content (AvgIpc) is 2.65. The van der Waals surface area contributed by atoms with Gasteiger partial charge < -0.3 is 4.43 Å². The number of hydrogen-bond acceptors (Lipinski definition) is 3. The van der Waals surface area contributed by atoms with Crippen molar-refractivity contribution in [1.82, 2.24) is 0 Å². The number of Topliss-reactive ketones (excluding diaryl/α,β-unsaturated/α-hetero) is 2. The van der Waals surface area contributed by atoms with Gasteiger partial charge in [0.25, 0.3) is 0 Å². The van der Waals surface area contributed by atoms with Gasteiger partial charge in [-0.05, 0) is 48.9 Å². The van der Waals surface area contributed by atoms with Crippen molar-refractivity contribution in [3.63, 3.8) is 0 Å². The normalized spacial score (nSPS) is 38.6. The summed E-state index contributed by atoms with van der Waals surface area (Å²) >= 11 is 0. The maximum atomic E-state index is 13.0. The molecule has 4 heteroatoms. The molecule has 0 unspecified atom stereocenters. The molecule has 0 saturated heterocycles. The number of fused-ring (bicyclic) bond motifs is 2. The van der Waals surface area contributed by atoms with Gasteiger partial charge in [0.05, 0.1) is 0 Å². The van der Waals surface area contributed by atoms with Crippen LogP contribution in [0.3, 0.4) is 0 Å². The van der Waals surface area contributed by atoms with Crippen LogP contribution in [0.25, 0.3) is 0 Å². The molecule has 0 heterocycles. The monoisotopic (exact) mass is 320 g/mol. The predicted octanol–water partition coefficient (Wildman–Crippen LogP) is 4.04. The van der Waals surface area contributed by atoms with Crippen molar-refractivity contribution in [3.05, 3.63) is 12.2 Å². The Labute approximate surface area is 134 Å². The van der Waals surface area contributed by atoms with Gasteiger partial charge in [0.15, 0.2) is 14.1 Å². The summed E-state index contributed by atoms with van der Waals surface area (Å²) in [5.41, 5.74) is -0.368. The molecule has 4 saturated carbocycles. The van der Waals surface area contributed by atoms with Gasteiger partial charge in [0, 0.05) is 18.3 Å². The van der Waals surface area contributed by atoms with E-state index in [1.165, 1.54) is 0 Å². The molecule has 3 atom stereocenters. The number of hydrogen-bond donors (Lipinski definition) is 0. The average molecular weight is 321 g/mol. The van der Waals surface area contributed by atoms with Crippen molar-refractivity contribution in [2.75, 3.05) is 0 Å². The lowest BCUT2D eigenvalue weighted by molar-refractivity contribution is -0.156. The summed E-state index contributed by atoms with van der Waals surface area (Å²) < 4.78 is 6.66. The predicted molar refractivity (Wildman–Crippen MR) is 89.2 cm³/mol. The van der Waals surface area contributed by atoms with E-state index in [1.54, 1.807) is 0 Å². The third-order valence-electron chi connectivity index (χ3n) is 6.85. The van der Waals surface area contributed by atoms with Crippen LogP contribution < -0.4 is 0 Å². The minimum absolute atomic E-state index is 0.0553. The van der Waals surface area contributed by atoms with Crippen LogP contribution in [0.5, 0.6) is 0 Å². The Morgan fingerprint density at radius 2 is 1.82 bits per heavy atom. The fourth-order valence-electron chi connectivity index (χ4n) is 4.42. The van der Waals surface area contributed by atoms with Crippen LogP contribution in [-0.2, 0) is 14.0 Å². The summed E-state index contributed by atoms with van der Waals surface area (Å²) in [5, 5.41) is 0.0553. The Hall–Kier alpha value is -0.743. The van der Waals surface area contributed by atoms with Gasteiger partial charge in [-0.1, -0.05) is 27.4 Å². The first-order valence-electron chi connectivity index (χ1n) is 8.40. The molecule has 2 bridgehead atoms. The quantitative estimate of drug-likeness (QED) is 0.570. The third kappa shape index (κ3) is 1.89. The van der Waals surface area contributed by atoms with Crippen LogP contribution >= 0.6 is 0 Å². The highest BCUT2D eigenvalue weighted by molar-refractivity contribution is 6.74. The van der Waals surface area contributed by atoms with Gasteiger partial charge in [-0.15, -0.1) is 0 Å². The molecular weight excluding hydrogens is 292 g/mol. The molecule has 4 aliphatic carbocycles. The lowest BCUT2D eigenvalue weighted by Crippen LogP contribution is -2.64. The zero-order valence-corrected chi connectivity index (χ0v) is 15.5. The van der Waals surface area contributed by atoms with Crippen molar-refractivity contribution in [3.8, 4) is 0 Å². The fraction of sp³-hybridized carbons (Fsp3) is 0.778. The van der Waals surface area contributed by atoms with Crippen molar-refractivity contribution >= 4 is 19.9 Å². The second kappa shape index (κ2) is 4.41. The van der Waals surface area contributed by atoms with E-state index in [4.69, 9.17) is 4.43 Å². The molecule has 22 heavy (non-hydrogen) atoms. The summed E-state index contributed by atoms with van der Waals surface area (Å²) in [4.78, 5) is 25.4. The summed E-state index contributed by atoms with van der Waals surface area (Å²) in [6.45, 7) is 15.2. The van der Waals surface area contributed by atoms with Gasteiger partial charge in [-0.2, -0.15) is 0 Å². The Kier molecular flexibility index (Phi) is 3.23. The second-order valence-corrected chi connectivity index (χ2v) is 13.8. The lowest BCUT2D eigenvalue weighted by atomic mass is 9.52. The zero-order valence-electron chi connectivity index (χ0n) is 14.5. The SMILES string of the molecule is C=C1C[C@]23CC(=O)[C@@]1(O[Si](C)(C)C(C)(C)C)C[C@H]2CCC3=O. The molecular formula is C18H28O3Si. The van der Waals surface area contributed by atoms with E-state index in [9.17, 15) is 9.59 Å². The summed E-state index contributed by atoms with van der Waals surface area (Å²) in [5.74, 6) is 0.709. The highest BCUT2D eigenvalue weighted by Crippen LogP contribution is 2.63. The van der Waals surface area contributed by atoms with Gasteiger partial charge >= 0.3 is 0 Å². The van der Waals surface area contributed by atoms with E-state index in [0.717, 1.165) is 12.0 Å². The molecule has 4 fully saturated rings. The second-order valence-electron chi connectivity index (χ2n) is 9.09. The standard InChI is InChI=1S/C18H28O3Si/c1-12-9-17-11-15(20)18(12,10-13(17)7-8-14(17)19)21-22(5,6)16(2,3)4/h13H,1,7-11H2,2-6H3/t13-,17+,18-/m1/s1. The van der Waals surface area contributed by atoms with Crippen molar-refractivity contribution < 1.29 is 14.0 Å². The highest BCUT2D eigenvalue weighted by Gasteiger charge is 2.67. The Morgan fingerprint density at radius 3 is 2.36 bits per heavy atom. The van der Waals surface area contributed by atoms with E-state index in [1.807, 2.05) is 0 Å². The summed E-state index contributed by atoms with van der Waals surface area (Å²) in [6.07, 6.45) is 3.27. The Bertz CT molecular complexity index is 549. The molecule has 4 rings (SSSR count). The van der Waals surface area contributed by atoms with Crippen LogP contribution in [0.15, 0.2) is 12.2 Å². The molecule has 0 aromatic rings. The van der Waals surface area contributed by atoms with Gasteiger partial charge in [0.1, 0.15) is 11.4 Å². The third-order valence-corrected chi connectivity index (χ3v) is 11.3. The molecule has 0 N–H and O–H groups in total. The maximum Gasteiger partial charge on any atom is 0.193 e. The van der Waals surface area contributed by atoms with Gasteiger partial charge in [0.2, 0.25) is 0 Å². The fourth-order valence-corrected chi connectivity index (χ4v) is 5.94. The van der Waals surface area contributed by atoms with E-state index < -0.39 is 19.3 Å². The van der Waals surface area contributed by atoms with E-state index in [2.05, 4.69) is 40.4 Å². The van der Waals surface area contributed by atoms with Gasteiger partial charge in [-0.3, -0.25) is 9.59 Å². The molecule has 4 aliphatic rings. The molecule has 0 aromatic carbocycles. The van der Waals surface area contributed by atoms with Crippen LogP contribution in [0.4, 0.5) is 0 Å². The number of rotatable bonds is 2. The maximum absolute atomic E-state index is 13.0.